The molecule has 0 spiro atoms. The minimum atomic E-state index is -0.165. The van der Waals surface area contributed by atoms with Gasteiger partial charge in [0, 0.05) is 37.6 Å². The van der Waals surface area contributed by atoms with Crippen LogP contribution in [-0.2, 0) is 9.53 Å². The van der Waals surface area contributed by atoms with Crippen LogP contribution in [0.25, 0.3) is 6.08 Å². The molecular weight excluding hydrogens is 442 g/mol. The second-order valence-corrected chi connectivity index (χ2v) is 7.88. The van der Waals surface area contributed by atoms with E-state index in [0.29, 0.717) is 18.1 Å². The number of carbonyl (C=O) groups excluding carboxylic acids is 1. The first-order chi connectivity index (χ1) is 16.9. The predicted octanol–water partition coefficient (Wildman–Crippen LogP) is 4.35. The predicted molar refractivity (Wildman–Crippen MR) is 141 cm³/mol. The molecule has 1 heterocycles. The van der Waals surface area contributed by atoms with Crippen LogP contribution in [0, 0.1) is 13.8 Å². The van der Waals surface area contributed by atoms with Gasteiger partial charge < -0.3 is 25.8 Å². The third-order valence-corrected chi connectivity index (χ3v) is 5.11. The highest BCUT2D eigenvalue weighted by molar-refractivity contribution is 6.04. The second kappa shape index (κ2) is 12.3. The molecular formula is C27H31N5O3. The van der Waals surface area contributed by atoms with Crippen molar-refractivity contribution in [2.75, 3.05) is 32.6 Å². The van der Waals surface area contributed by atoms with Crippen molar-refractivity contribution in [3.63, 3.8) is 0 Å². The van der Waals surface area contributed by atoms with Crippen molar-refractivity contribution in [3.05, 3.63) is 83.2 Å². The van der Waals surface area contributed by atoms with E-state index in [0.717, 1.165) is 39.5 Å². The SMILES string of the molecule is CNc1ccc(/C=C/CNC(=O)COC)cc1C(N)=Nc1ccc(Oc2ccc(C)nc2)c(C)c1. The van der Waals surface area contributed by atoms with Gasteiger partial charge in [0.2, 0.25) is 5.91 Å². The third kappa shape index (κ3) is 7.41. The maximum atomic E-state index is 11.5. The number of pyridine rings is 1. The molecule has 4 N–H and O–H groups in total. The molecule has 0 radical (unpaired) electrons. The molecule has 8 nitrogen and oxygen atoms in total. The standard InChI is InChI=1S/C27H31N5O3/c1-18-14-21(9-12-25(18)35-22-10-7-19(2)31-16-22)32-27(28)23-15-20(8-11-24(23)29-3)6-5-13-30-26(33)17-34-4/h5-12,14-16,29H,13,17H2,1-4H3,(H2,28,32)(H,30,33)/b6-5+. The van der Waals surface area contributed by atoms with Gasteiger partial charge in [0.15, 0.2) is 0 Å². The molecule has 0 bridgehead atoms. The number of amides is 1. The average Bonchev–Trinajstić information content (AvgIpc) is 2.85. The summed E-state index contributed by atoms with van der Waals surface area (Å²) < 4.78 is 10.7. The molecule has 2 aromatic carbocycles. The van der Waals surface area contributed by atoms with E-state index in [1.807, 2.05) is 81.6 Å². The number of hydrogen-bond acceptors (Lipinski definition) is 6. The van der Waals surface area contributed by atoms with E-state index in [-0.39, 0.29) is 12.5 Å². The smallest absolute Gasteiger partial charge is 0.246 e. The Morgan fingerprint density at radius 1 is 1.14 bits per heavy atom. The van der Waals surface area contributed by atoms with Crippen LogP contribution in [0.3, 0.4) is 0 Å². The van der Waals surface area contributed by atoms with Gasteiger partial charge in [-0.1, -0.05) is 18.2 Å². The van der Waals surface area contributed by atoms with Crippen molar-refractivity contribution in [3.8, 4) is 11.5 Å². The first-order valence-corrected chi connectivity index (χ1v) is 11.2. The molecule has 35 heavy (non-hydrogen) atoms. The molecule has 0 aliphatic carbocycles. The molecule has 1 amide bonds. The van der Waals surface area contributed by atoms with Gasteiger partial charge in [0.25, 0.3) is 0 Å². The summed E-state index contributed by atoms with van der Waals surface area (Å²) in [6.45, 7) is 4.34. The number of nitrogens with two attached hydrogens (primary N) is 1. The Kier molecular flexibility index (Phi) is 8.97. The molecule has 0 aliphatic rings. The summed E-state index contributed by atoms with van der Waals surface area (Å²) in [5.41, 5.74) is 11.6. The summed E-state index contributed by atoms with van der Waals surface area (Å²) in [7, 11) is 3.32. The second-order valence-electron chi connectivity index (χ2n) is 7.88. The minimum absolute atomic E-state index is 0.0393. The molecule has 8 heteroatoms. The van der Waals surface area contributed by atoms with Crippen LogP contribution in [-0.4, -0.2) is 44.0 Å². The fourth-order valence-electron chi connectivity index (χ4n) is 3.30. The number of rotatable bonds is 10. The fraction of sp³-hybridized carbons (Fsp3) is 0.222. The number of anilines is 1. The summed E-state index contributed by atoms with van der Waals surface area (Å²) in [4.78, 5) is 20.4. The molecule has 0 saturated heterocycles. The lowest BCUT2D eigenvalue weighted by Gasteiger charge is -2.11. The summed E-state index contributed by atoms with van der Waals surface area (Å²) in [6, 6.07) is 15.3. The Balaban J connectivity index is 1.76. The van der Waals surface area contributed by atoms with Gasteiger partial charge in [0.1, 0.15) is 23.9 Å². The maximum absolute atomic E-state index is 11.5. The third-order valence-electron chi connectivity index (χ3n) is 5.11. The van der Waals surface area contributed by atoms with Crippen molar-refractivity contribution in [1.82, 2.24) is 10.3 Å². The van der Waals surface area contributed by atoms with Gasteiger partial charge in [0.05, 0.1) is 11.9 Å². The van der Waals surface area contributed by atoms with Crippen LogP contribution in [0.1, 0.15) is 22.4 Å². The molecule has 3 aromatic rings. The lowest BCUT2D eigenvalue weighted by Crippen LogP contribution is -2.26. The van der Waals surface area contributed by atoms with Crippen molar-refractivity contribution < 1.29 is 14.3 Å². The molecule has 0 unspecified atom stereocenters. The first-order valence-electron chi connectivity index (χ1n) is 11.2. The summed E-state index contributed by atoms with van der Waals surface area (Å²) in [6.07, 6.45) is 5.48. The van der Waals surface area contributed by atoms with Crippen molar-refractivity contribution in [1.29, 1.82) is 0 Å². The zero-order chi connectivity index (χ0) is 25.2. The van der Waals surface area contributed by atoms with Gasteiger partial charge in [-0.2, -0.15) is 0 Å². The number of carbonyl (C=O) groups is 1. The van der Waals surface area contributed by atoms with Gasteiger partial charge in [-0.15, -0.1) is 0 Å². The number of aromatic nitrogens is 1. The van der Waals surface area contributed by atoms with Gasteiger partial charge in [-0.05, 0) is 67.4 Å². The Labute approximate surface area is 205 Å². The Hall–Kier alpha value is -4.17. The molecule has 0 atom stereocenters. The largest absolute Gasteiger partial charge is 0.455 e. The number of ether oxygens (including phenoxy) is 2. The molecule has 0 fully saturated rings. The monoisotopic (exact) mass is 473 g/mol. The summed E-state index contributed by atoms with van der Waals surface area (Å²) in [5, 5.41) is 5.90. The quantitative estimate of drug-likeness (QED) is 0.298. The first kappa shape index (κ1) is 25.5. The van der Waals surface area contributed by atoms with Gasteiger partial charge in [-0.3, -0.25) is 9.78 Å². The number of aryl methyl sites for hydroxylation is 2. The number of amidine groups is 1. The van der Waals surface area contributed by atoms with E-state index < -0.39 is 0 Å². The lowest BCUT2D eigenvalue weighted by molar-refractivity contribution is -0.124. The lowest BCUT2D eigenvalue weighted by atomic mass is 10.1. The zero-order valence-electron chi connectivity index (χ0n) is 20.5. The summed E-state index contributed by atoms with van der Waals surface area (Å²) >= 11 is 0. The highest BCUT2D eigenvalue weighted by Gasteiger charge is 2.08. The Morgan fingerprint density at radius 3 is 2.66 bits per heavy atom. The van der Waals surface area contributed by atoms with Crippen LogP contribution in [0.15, 0.2) is 65.8 Å². The highest BCUT2D eigenvalue weighted by atomic mass is 16.5. The van der Waals surface area contributed by atoms with Gasteiger partial charge in [-0.25, -0.2) is 4.99 Å². The zero-order valence-corrected chi connectivity index (χ0v) is 20.5. The normalized spacial score (nSPS) is 11.5. The number of nitrogens with zero attached hydrogens (tertiary/aromatic N) is 2. The molecule has 0 aliphatic heterocycles. The fourth-order valence-corrected chi connectivity index (χ4v) is 3.30. The number of aliphatic imine (C=N–C) groups is 1. The van der Waals surface area contributed by atoms with E-state index in [9.17, 15) is 4.79 Å². The van der Waals surface area contributed by atoms with Crippen molar-refractivity contribution in [2.45, 2.75) is 13.8 Å². The molecule has 3 rings (SSSR count). The minimum Gasteiger partial charge on any atom is -0.455 e. The maximum Gasteiger partial charge on any atom is 0.246 e. The van der Waals surface area contributed by atoms with E-state index in [1.54, 1.807) is 6.20 Å². The molecule has 1 aromatic heterocycles. The highest BCUT2D eigenvalue weighted by Crippen LogP contribution is 2.29. The topological polar surface area (TPSA) is 111 Å². The van der Waals surface area contributed by atoms with E-state index in [1.165, 1.54) is 7.11 Å². The number of nitrogens with one attached hydrogen (secondary N) is 2. The Morgan fingerprint density at radius 2 is 1.97 bits per heavy atom. The summed E-state index contributed by atoms with van der Waals surface area (Å²) in [5.74, 6) is 1.63. The van der Waals surface area contributed by atoms with E-state index in [2.05, 4.69) is 20.6 Å². The average molecular weight is 474 g/mol. The van der Waals surface area contributed by atoms with Crippen LogP contribution >= 0.6 is 0 Å². The molecule has 182 valence electrons. The Bertz CT molecular complexity index is 1220. The van der Waals surface area contributed by atoms with Crippen molar-refractivity contribution in [2.24, 2.45) is 10.7 Å². The van der Waals surface area contributed by atoms with Crippen LogP contribution in [0.5, 0.6) is 11.5 Å². The van der Waals surface area contributed by atoms with Gasteiger partial charge >= 0.3 is 0 Å². The van der Waals surface area contributed by atoms with Crippen LogP contribution in [0.4, 0.5) is 11.4 Å². The van der Waals surface area contributed by atoms with Crippen LogP contribution in [0.2, 0.25) is 0 Å². The number of methoxy groups -OCH3 is 1. The van der Waals surface area contributed by atoms with Crippen molar-refractivity contribution >= 4 is 29.2 Å². The number of hydrogen-bond donors (Lipinski definition) is 3. The molecule has 0 saturated carbocycles. The van der Waals surface area contributed by atoms with E-state index in [4.69, 9.17) is 15.2 Å². The van der Waals surface area contributed by atoms with E-state index >= 15 is 0 Å². The van der Waals surface area contributed by atoms with Crippen LogP contribution < -0.4 is 21.1 Å². The number of benzene rings is 2.